The number of ether oxygens (including phenoxy) is 2. The summed E-state index contributed by atoms with van der Waals surface area (Å²) in [5, 5.41) is 23.8. The zero-order valence-electron chi connectivity index (χ0n) is 19.5. The lowest BCUT2D eigenvalue weighted by Gasteiger charge is -2.27. The van der Waals surface area contributed by atoms with Crippen LogP contribution in [0.25, 0.3) is 0 Å². The molecule has 0 heterocycles. The second kappa shape index (κ2) is 16.7. The van der Waals surface area contributed by atoms with Gasteiger partial charge in [-0.05, 0) is 25.7 Å². The third-order valence-electron chi connectivity index (χ3n) is 5.75. The maximum atomic E-state index is 12.7. The molecule has 0 saturated heterocycles. The summed E-state index contributed by atoms with van der Waals surface area (Å²) < 4.78 is 10.6. The molecule has 10 nitrogen and oxygen atoms in total. The van der Waals surface area contributed by atoms with Crippen molar-refractivity contribution in [1.29, 1.82) is 0 Å². The lowest BCUT2D eigenvalue weighted by Crippen LogP contribution is -2.51. The van der Waals surface area contributed by atoms with Crippen LogP contribution in [0.2, 0.25) is 0 Å². The van der Waals surface area contributed by atoms with Gasteiger partial charge in [-0.25, -0.2) is 4.79 Å². The topological polar surface area (TPSA) is 137 Å². The summed E-state index contributed by atoms with van der Waals surface area (Å²) in [6.45, 7) is 4.05. The number of nitrogens with zero attached hydrogens (tertiary/aromatic N) is 1. The number of nitrogens with one attached hydrogen (secondary N) is 2. The smallest absolute Gasteiger partial charge is 0.405 e. The van der Waals surface area contributed by atoms with E-state index in [1.54, 1.807) is 11.9 Å². The van der Waals surface area contributed by atoms with Gasteiger partial charge in [0.1, 0.15) is 6.04 Å². The predicted molar refractivity (Wildman–Crippen MR) is 119 cm³/mol. The number of rotatable bonds is 16. The molecule has 2 atom stereocenters. The zero-order chi connectivity index (χ0) is 23.8. The maximum Gasteiger partial charge on any atom is 0.405 e. The molecule has 0 bridgehead atoms. The minimum Gasteiger partial charge on any atom is -0.465 e. The first-order valence-electron chi connectivity index (χ1n) is 11.7. The van der Waals surface area contributed by atoms with Gasteiger partial charge >= 0.3 is 6.09 Å². The molecule has 0 aromatic heterocycles. The lowest BCUT2D eigenvalue weighted by molar-refractivity contribution is -0.131. The standard InChI is InChI=1S/C22H41N3O7/c1-3-31-13-14-32-12-11-25(2)20(27)10-9-18(16-26)23-21(28)19(24-22(29)30)15-17-7-5-4-6-8-17/h17-19,24,26H,3-16H2,1-2H3,(H,23,28)(H,29,30)/t18-,19-/m0/s1. The van der Waals surface area contributed by atoms with Gasteiger partial charge in [0, 0.05) is 26.6 Å². The Labute approximate surface area is 191 Å². The number of likely N-dealkylation sites (N-methyl/N-ethyl adjacent to an activating group) is 1. The van der Waals surface area contributed by atoms with Gasteiger partial charge in [-0.2, -0.15) is 0 Å². The average molecular weight is 460 g/mol. The van der Waals surface area contributed by atoms with Gasteiger partial charge in [-0.3, -0.25) is 9.59 Å². The monoisotopic (exact) mass is 459 g/mol. The summed E-state index contributed by atoms with van der Waals surface area (Å²) in [6.07, 6.45) is 4.96. The van der Waals surface area contributed by atoms with E-state index in [1.807, 2.05) is 6.92 Å². The minimum atomic E-state index is -1.25. The highest BCUT2D eigenvalue weighted by Crippen LogP contribution is 2.27. The van der Waals surface area contributed by atoms with Crippen LogP contribution in [0.1, 0.15) is 58.3 Å². The van der Waals surface area contributed by atoms with Crippen molar-refractivity contribution in [2.45, 2.75) is 70.4 Å². The Morgan fingerprint density at radius 3 is 2.38 bits per heavy atom. The van der Waals surface area contributed by atoms with Gasteiger partial charge in [0.25, 0.3) is 0 Å². The minimum absolute atomic E-state index is 0.117. The molecule has 0 aliphatic heterocycles. The third-order valence-corrected chi connectivity index (χ3v) is 5.75. The van der Waals surface area contributed by atoms with E-state index in [2.05, 4.69) is 10.6 Å². The summed E-state index contributed by atoms with van der Waals surface area (Å²) in [5.41, 5.74) is 0. The summed E-state index contributed by atoms with van der Waals surface area (Å²) in [4.78, 5) is 37.7. The Morgan fingerprint density at radius 2 is 1.75 bits per heavy atom. The number of hydrogen-bond acceptors (Lipinski definition) is 6. The molecule has 1 saturated carbocycles. The van der Waals surface area contributed by atoms with Crippen molar-refractivity contribution in [3.63, 3.8) is 0 Å². The third kappa shape index (κ3) is 12.2. The fraction of sp³-hybridized carbons (Fsp3) is 0.864. The highest BCUT2D eigenvalue weighted by Gasteiger charge is 2.27. The van der Waals surface area contributed by atoms with Crippen molar-refractivity contribution in [1.82, 2.24) is 15.5 Å². The molecule has 186 valence electrons. The average Bonchev–Trinajstić information content (AvgIpc) is 2.78. The van der Waals surface area contributed by atoms with Gasteiger partial charge < -0.3 is 35.2 Å². The van der Waals surface area contributed by atoms with E-state index in [-0.39, 0.29) is 25.4 Å². The number of aliphatic hydroxyl groups is 1. The Hall–Kier alpha value is -1.91. The summed E-state index contributed by atoms with van der Waals surface area (Å²) >= 11 is 0. The molecule has 0 unspecified atom stereocenters. The molecule has 0 spiro atoms. The fourth-order valence-electron chi connectivity index (χ4n) is 3.83. The van der Waals surface area contributed by atoms with Crippen LogP contribution in [0.15, 0.2) is 0 Å². The number of carbonyl (C=O) groups is 3. The molecular formula is C22H41N3O7. The van der Waals surface area contributed by atoms with E-state index in [0.29, 0.717) is 45.3 Å². The van der Waals surface area contributed by atoms with E-state index in [0.717, 1.165) is 25.7 Å². The molecule has 10 heteroatoms. The first kappa shape index (κ1) is 28.1. The van der Waals surface area contributed by atoms with Gasteiger partial charge in [0.05, 0.1) is 32.5 Å². The molecule has 1 rings (SSSR count). The molecule has 4 N–H and O–H groups in total. The number of amides is 3. The van der Waals surface area contributed by atoms with E-state index in [9.17, 15) is 19.5 Å². The van der Waals surface area contributed by atoms with Crippen molar-refractivity contribution < 1.29 is 34.1 Å². The normalized spacial score (nSPS) is 16.2. The van der Waals surface area contributed by atoms with Gasteiger partial charge in [-0.15, -0.1) is 0 Å². The van der Waals surface area contributed by atoms with Crippen LogP contribution in [-0.2, 0) is 19.1 Å². The Balaban J connectivity index is 2.42. The van der Waals surface area contributed by atoms with E-state index >= 15 is 0 Å². The van der Waals surface area contributed by atoms with Crippen LogP contribution in [0.4, 0.5) is 4.79 Å². The van der Waals surface area contributed by atoms with Crippen molar-refractivity contribution in [3.8, 4) is 0 Å². The largest absolute Gasteiger partial charge is 0.465 e. The van der Waals surface area contributed by atoms with Crippen molar-refractivity contribution in [2.24, 2.45) is 5.92 Å². The van der Waals surface area contributed by atoms with Crippen LogP contribution >= 0.6 is 0 Å². The van der Waals surface area contributed by atoms with Crippen molar-refractivity contribution >= 4 is 17.9 Å². The molecule has 0 aromatic rings. The number of hydrogen-bond donors (Lipinski definition) is 4. The summed E-state index contributed by atoms with van der Waals surface area (Å²) in [7, 11) is 1.68. The van der Waals surface area contributed by atoms with Crippen LogP contribution in [0.3, 0.4) is 0 Å². The fourth-order valence-corrected chi connectivity index (χ4v) is 3.83. The molecule has 0 aromatic carbocycles. The van der Waals surface area contributed by atoms with Crippen molar-refractivity contribution in [3.05, 3.63) is 0 Å². The lowest BCUT2D eigenvalue weighted by atomic mass is 9.84. The molecular weight excluding hydrogens is 418 g/mol. The molecule has 3 amide bonds. The van der Waals surface area contributed by atoms with E-state index in [1.165, 1.54) is 6.42 Å². The molecule has 1 fully saturated rings. The highest BCUT2D eigenvalue weighted by molar-refractivity contribution is 5.85. The molecule has 0 radical (unpaired) electrons. The van der Waals surface area contributed by atoms with Crippen LogP contribution in [-0.4, -0.2) is 91.7 Å². The highest BCUT2D eigenvalue weighted by atomic mass is 16.5. The van der Waals surface area contributed by atoms with Crippen LogP contribution in [0.5, 0.6) is 0 Å². The summed E-state index contributed by atoms with van der Waals surface area (Å²) in [5.74, 6) is -0.265. The van der Waals surface area contributed by atoms with Crippen LogP contribution < -0.4 is 10.6 Å². The molecule has 32 heavy (non-hydrogen) atoms. The first-order chi connectivity index (χ1) is 15.4. The number of carbonyl (C=O) groups excluding carboxylic acids is 2. The predicted octanol–water partition coefficient (Wildman–Crippen LogP) is 1.36. The Kier molecular flexibility index (Phi) is 14.7. The molecule has 1 aliphatic carbocycles. The number of aliphatic hydroxyl groups excluding tert-OH is 1. The zero-order valence-corrected chi connectivity index (χ0v) is 19.5. The SMILES string of the molecule is CCOCCOCCN(C)C(=O)CC[C@@H](CO)NC(=O)[C@H](CC1CCCCC1)NC(=O)O. The number of carboxylic acid groups (broad SMARTS) is 1. The maximum absolute atomic E-state index is 12.7. The second-order valence-corrected chi connectivity index (χ2v) is 8.29. The van der Waals surface area contributed by atoms with Gasteiger partial charge in [0.15, 0.2) is 0 Å². The Morgan fingerprint density at radius 1 is 1.06 bits per heavy atom. The van der Waals surface area contributed by atoms with Gasteiger partial charge in [-0.1, -0.05) is 32.1 Å². The van der Waals surface area contributed by atoms with Gasteiger partial charge in [0.2, 0.25) is 11.8 Å². The van der Waals surface area contributed by atoms with Crippen molar-refractivity contribution in [2.75, 3.05) is 46.6 Å². The molecule has 1 aliphatic rings. The quantitative estimate of drug-likeness (QED) is 0.256. The van der Waals surface area contributed by atoms with E-state index in [4.69, 9.17) is 14.6 Å². The van der Waals surface area contributed by atoms with E-state index < -0.39 is 24.1 Å². The van der Waals surface area contributed by atoms with Crippen LogP contribution in [0, 0.1) is 5.92 Å². The summed E-state index contributed by atoms with van der Waals surface area (Å²) in [6, 6.07) is -1.48. The first-order valence-corrected chi connectivity index (χ1v) is 11.7. The Bertz CT molecular complexity index is 556. The second-order valence-electron chi connectivity index (χ2n) is 8.29.